The minimum absolute atomic E-state index is 0.504. The molecule has 0 atom stereocenters. The molecule has 0 aromatic carbocycles. The first-order chi connectivity index (χ1) is 11.7. The molecule has 1 saturated heterocycles. The molecule has 4 rings (SSSR count). The monoisotopic (exact) mass is 342 g/mol. The number of hydrogen-bond donors (Lipinski definition) is 0. The fourth-order valence-electron chi connectivity index (χ4n) is 3.11. The summed E-state index contributed by atoms with van der Waals surface area (Å²) in [6.07, 6.45) is 4.14. The lowest BCUT2D eigenvalue weighted by Crippen LogP contribution is -2.46. The summed E-state index contributed by atoms with van der Waals surface area (Å²) in [5.74, 6) is 1.63. The summed E-state index contributed by atoms with van der Waals surface area (Å²) < 4.78 is 2.07. The number of rotatable bonds is 3. The second-order valence-corrected chi connectivity index (χ2v) is 6.44. The Morgan fingerprint density at radius 3 is 2.67 bits per heavy atom. The molecule has 124 valence electrons. The number of pyridine rings is 1. The molecule has 1 aliphatic rings. The van der Waals surface area contributed by atoms with Crippen molar-refractivity contribution in [1.29, 1.82) is 0 Å². The minimum Gasteiger partial charge on any atom is -0.354 e. The molecule has 0 saturated carbocycles. The zero-order valence-corrected chi connectivity index (χ0v) is 14.3. The molecule has 3 aromatic heterocycles. The van der Waals surface area contributed by atoms with Crippen molar-refractivity contribution in [1.82, 2.24) is 24.3 Å². The lowest BCUT2D eigenvalue weighted by molar-refractivity contribution is 0.247. The highest BCUT2D eigenvalue weighted by Gasteiger charge is 2.19. The van der Waals surface area contributed by atoms with Crippen LogP contribution in [0.1, 0.15) is 11.5 Å². The van der Waals surface area contributed by atoms with Gasteiger partial charge in [0.2, 0.25) is 0 Å². The summed E-state index contributed by atoms with van der Waals surface area (Å²) in [7, 11) is 0. The van der Waals surface area contributed by atoms with Gasteiger partial charge in [-0.1, -0.05) is 17.7 Å². The molecule has 3 aromatic rings. The summed E-state index contributed by atoms with van der Waals surface area (Å²) in [5.41, 5.74) is 2.10. The highest BCUT2D eigenvalue weighted by molar-refractivity contribution is 6.29. The molecule has 4 heterocycles. The number of fused-ring (bicyclic) bond motifs is 1. The zero-order chi connectivity index (χ0) is 16.5. The lowest BCUT2D eigenvalue weighted by atomic mass is 10.3. The molecule has 0 bridgehead atoms. The van der Waals surface area contributed by atoms with E-state index in [9.17, 15) is 0 Å². The van der Waals surface area contributed by atoms with Gasteiger partial charge >= 0.3 is 0 Å². The maximum absolute atomic E-state index is 6.05. The predicted octanol–water partition coefficient (Wildman–Crippen LogP) is 2.41. The van der Waals surface area contributed by atoms with Gasteiger partial charge in [-0.2, -0.15) is 0 Å². The zero-order valence-electron chi connectivity index (χ0n) is 13.6. The van der Waals surface area contributed by atoms with Crippen LogP contribution in [0, 0.1) is 6.92 Å². The first-order valence-corrected chi connectivity index (χ1v) is 8.46. The second-order valence-electron chi connectivity index (χ2n) is 6.06. The highest BCUT2D eigenvalue weighted by Crippen LogP contribution is 2.18. The SMILES string of the molecule is Cc1nc(Cl)cc(N2CCN(Cc3cn4ccccc4n3)CC2)n1. The Hall–Kier alpha value is -2.18. The topological polar surface area (TPSA) is 49.6 Å². The number of aromatic nitrogens is 4. The second kappa shape index (κ2) is 6.37. The van der Waals surface area contributed by atoms with Crippen LogP contribution in [-0.4, -0.2) is 50.4 Å². The fraction of sp³-hybridized carbons (Fsp3) is 0.353. The molecule has 6 nitrogen and oxygen atoms in total. The molecule has 1 fully saturated rings. The first kappa shape index (κ1) is 15.4. The van der Waals surface area contributed by atoms with Crippen LogP contribution in [0.25, 0.3) is 5.65 Å². The fourth-order valence-corrected chi connectivity index (χ4v) is 3.33. The van der Waals surface area contributed by atoms with Gasteiger partial charge in [-0.05, 0) is 19.1 Å². The van der Waals surface area contributed by atoms with Crippen LogP contribution in [0.2, 0.25) is 5.15 Å². The van der Waals surface area contributed by atoms with Crippen LogP contribution in [0.5, 0.6) is 0 Å². The Morgan fingerprint density at radius 2 is 1.92 bits per heavy atom. The predicted molar refractivity (Wildman–Crippen MR) is 94.5 cm³/mol. The van der Waals surface area contributed by atoms with Crippen LogP contribution in [-0.2, 0) is 6.54 Å². The number of anilines is 1. The van der Waals surface area contributed by atoms with Crippen molar-refractivity contribution < 1.29 is 0 Å². The molecule has 7 heteroatoms. The van der Waals surface area contributed by atoms with Gasteiger partial charge in [-0.15, -0.1) is 0 Å². The van der Waals surface area contributed by atoms with E-state index in [0.29, 0.717) is 11.0 Å². The van der Waals surface area contributed by atoms with E-state index in [0.717, 1.165) is 49.9 Å². The van der Waals surface area contributed by atoms with E-state index in [4.69, 9.17) is 11.6 Å². The van der Waals surface area contributed by atoms with Crippen LogP contribution >= 0.6 is 11.6 Å². The average Bonchev–Trinajstić information content (AvgIpc) is 2.97. The van der Waals surface area contributed by atoms with E-state index in [1.165, 1.54) is 0 Å². The molecule has 0 unspecified atom stereocenters. The van der Waals surface area contributed by atoms with Gasteiger partial charge in [0, 0.05) is 51.2 Å². The number of halogens is 1. The highest BCUT2D eigenvalue weighted by atomic mass is 35.5. The van der Waals surface area contributed by atoms with E-state index in [-0.39, 0.29) is 0 Å². The van der Waals surface area contributed by atoms with Gasteiger partial charge in [0.1, 0.15) is 22.4 Å². The molecule has 0 aliphatic carbocycles. The summed E-state index contributed by atoms with van der Waals surface area (Å²) >= 11 is 6.05. The normalized spacial score (nSPS) is 16.0. The Bertz CT molecular complexity index is 800. The molecule has 0 N–H and O–H groups in total. The summed E-state index contributed by atoms with van der Waals surface area (Å²) in [5, 5.41) is 0.504. The van der Waals surface area contributed by atoms with Crippen molar-refractivity contribution in [3.05, 3.63) is 53.3 Å². The number of piperazine rings is 1. The van der Waals surface area contributed by atoms with E-state index < -0.39 is 0 Å². The number of imidazole rings is 1. The van der Waals surface area contributed by atoms with Gasteiger partial charge in [-0.25, -0.2) is 15.0 Å². The van der Waals surface area contributed by atoms with Crippen molar-refractivity contribution in [2.75, 3.05) is 31.1 Å². The maximum atomic E-state index is 6.05. The Morgan fingerprint density at radius 1 is 1.08 bits per heavy atom. The molecular formula is C17H19ClN6. The van der Waals surface area contributed by atoms with E-state index in [1.54, 1.807) is 0 Å². The first-order valence-electron chi connectivity index (χ1n) is 8.08. The van der Waals surface area contributed by atoms with Crippen molar-refractivity contribution in [3.8, 4) is 0 Å². The maximum Gasteiger partial charge on any atom is 0.137 e. The average molecular weight is 343 g/mol. The van der Waals surface area contributed by atoms with Crippen molar-refractivity contribution in [3.63, 3.8) is 0 Å². The van der Waals surface area contributed by atoms with E-state index >= 15 is 0 Å². The van der Waals surface area contributed by atoms with Crippen molar-refractivity contribution in [2.24, 2.45) is 0 Å². The molecular weight excluding hydrogens is 324 g/mol. The molecule has 0 radical (unpaired) electrons. The quantitative estimate of drug-likeness (QED) is 0.684. The van der Waals surface area contributed by atoms with Crippen molar-refractivity contribution >= 4 is 23.1 Å². The molecule has 1 aliphatic heterocycles. The molecule has 24 heavy (non-hydrogen) atoms. The third kappa shape index (κ3) is 3.20. The molecule has 0 spiro atoms. The van der Waals surface area contributed by atoms with Crippen LogP contribution in [0.15, 0.2) is 36.7 Å². The summed E-state index contributed by atoms with van der Waals surface area (Å²) in [6, 6.07) is 7.90. The van der Waals surface area contributed by atoms with Crippen molar-refractivity contribution in [2.45, 2.75) is 13.5 Å². The van der Waals surface area contributed by atoms with Gasteiger partial charge in [0.15, 0.2) is 0 Å². The Balaban J connectivity index is 1.40. The Kier molecular flexibility index (Phi) is 4.08. The van der Waals surface area contributed by atoms with E-state index in [1.807, 2.05) is 37.4 Å². The smallest absolute Gasteiger partial charge is 0.137 e. The number of hydrogen-bond acceptors (Lipinski definition) is 5. The lowest BCUT2D eigenvalue weighted by Gasteiger charge is -2.35. The summed E-state index contributed by atoms with van der Waals surface area (Å²) in [6.45, 7) is 6.57. The minimum atomic E-state index is 0.504. The summed E-state index contributed by atoms with van der Waals surface area (Å²) in [4.78, 5) is 18.0. The number of nitrogens with zero attached hydrogens (tertiary/aromatic N) is 6. The third-order valence-corrected chi connectivity index (χ3v) is 4.48. The van der Waals surface area contributed by atoms with Crippen LogP contribution in [0.3, 0.4) is 0 Å². The van der Waals surface area contributed by atoms with E-state index in [2.05, 4.69) is 35.3 Å². The van der Waals surface area contributed by atoms with Gasteiger partial charge in [0.05, 0.1) is 5.69 Å². The third-order valence-electron chi connectivity index (χ3n) is 4.29. The standard InChI is InChI=1S/C17H19ClN6/c1-13-19-15(18)10-17(20-13)23-8-6-22(7-9-23)11-14-12-24-5-3-2-4-16(24)21-14/h2-5,10,12H,6-9,11H2,1H3. The van der Waals surface area contributed by atoms with Crippen LogP contribution < -0.4 is 4.90 Å². The Labute approximate surface area is 145 Å². The van der Waals surface area contributed by atoms with Gasteiger partial charge in [0.25, 0.3) is 0 Å². The van der Waals surface area contributed by atoms with Crippen LogP contribution in [0.4, 0.5) is 5.82 Å². The van der Waals surface area contributed by atoms with Gasteiger partial charge < -0.3 is 9.30 Å². The number of aryl methyl sites for hydroxylation is 1. The largest absolute Gasteiger partial charge is 0.354 e. The van der Waals surface area contributed by atoms with Gasteiger partial charge in [-0.3, -0.25) is 4.90 Å². The molecule has 0 amide bonds.